The quantitative estimate of drug-likeness (QED) is 0.835. The van der Waals surface area contributed by atoms with Crippen LogP contribution in [-0.4, -0.2) is 24.2 Å². The molecule has 88 valence electrons. The Balaban J connectivity index is 2.21. The highest BCUT2D eigenvalue weighted by molar-refractivity contribution is 5.22. The van der Waals surface area contributed by atoms with Crippen molar-refractivity contribution >= 4 is 0 Å². The number of nitrogens with zero attached hydrogens (tertiary/aromatic N) is 1. The van der Waals surface area contributed by atoms with Gasteiger partial charge in [0.1, 0.15) is 6.10 Å². The van der Waals surface area contributed by atoms with E-state index in [1.165, 1.54) is 6.07 Å². The predicted molar refractivity (Wildman–Crippen MR) is 55.4 cm³/mol. The van der Waals surface area contributed by atoms with Crippen molar-refractivity contribution in [1.82, 2.24) is 5.06 Å². The first kappa shape index (κ1) is 11.4. The molecule has 0 bridgehead atoms. The van der Waals surface area contributed by atoms with Gasteiger partial charge in [-0.3, -0.25) is 4.84 Å². The second kappa shape index (κ2) is 4.45. The minimum absolute atomic E-state index is 0.218. The average molecular weight is 228 g/mol. The molecule has 1 aromatic carbocycles. The maximum absolute atomic E-state index is 13.1. The summed E-state index contributed by atoms with van der Waals surface area (Å²) in [4.78, 5) is 5.52. The minimum Gasteiger partial charge on any atom is -0.324 e. The van der Waals surface area contributed by atoms with Crippen molar-refractivity contribution in [2.75, 3.05) is 13.1 Å². The van der Waals surface area contributed by atoms with Crippen LogP contribution >= 0.6 is 0 Å². The number of hydroxylamine groups is 2. The molecule has 1 aromatic rings. The molecule has 5 heteroatoms. The zero-order chi connectivity index (χ0) is 11.7. The highest BCUT2D eigenvalue weighted by Crippen LogP contribution is 2.28. The van der Waals surface area contributed by atoms with Gasteiger partial charge >= 0.3 is 0 Å². The number of hydrogen-bond donors (Lipinski definition) is 1. The number of rotatable bonds is 2. The third-order valence-corrected chi connectivity index (χ3v) is 2.69. The summed E-state index contributed by atoms with van der Waals surface area (Å²) in [6.07, 6.45) is -0.393. The molecular formula is C11H14F2N2O. The summed E-state index contributed by atoms with van der Waals surface area (Å²) in [7, 11) is 0. The van der Waals surface area contributed by atoms with Crippen LogP contribution in [0.3, 0.4) is 0 Å². The molecule has 1 aliphatic heterocycles. The van der Waals surface area contributed by atoms with Gasteiger partial charge in [0.2, 0.25) is 0 Å². The molecule has 0 amide bonds. The van der Waals surface area contributed by atoms with Crippen molar-refractivity contribution < 1.29 is 13.6 Å². The highest BCUT2D eigenvalue weighted by atomic mass is 19.2. The monoisotopic (exact) mass is 228 g/mol. The molecule has 1 aliphatic rings. The normalized spacial score (nSPS) is 26.2. The van der Waals surface area contributed by atoms with Crippen molar-refractivity contribution in [3.8, 4) is 0 Å². The van der Waals surface area contributed by atoms with Crippen LogP contribution in [0.2, 0.25) is 0 Å². The molecule has 1 heterocycles. The van der Waals surface area contributed by atoms with Crippen molar-refractivity contribution in [3.05, 3.63) is 35.4 Å². The van der Waals surface area contributed by atoms with Crippen LogP contribution in [0.25, 0.3) is 0 Å². The fourth-order valence-electron chi connectivity index (χ4n) is 1.81. The maximum Gasteiger partial charge on any atom is 0.159 e. The summed E-state index contributed by atoms with van der Waals surface area (Å²) in [6, 6.07) is 3.51. The largest absolute Gasteiger partial charge is 0.324 e. The number of benzene rings is 1. The van der Waals surface area contributed by atoms with Crippen LogP contribution in [0.1, 0.15) is 18.6 Å². The van der Waals surface area contributed by atoms with Crippen molar-refractivity contribution in [2.24, 2.45) is 5.73 Å². The van der Waals surface area contributed by atoms with Gasteiger partial charge in [-0.1, -0.05) is 13.0 Å². The van der Waals surface area contributed by atoms with Gasteiger partial charge in [0.25, 0.3) is 0 Å². The van der Waals surface area contributed by atoms with Crippen molar-refractivity contribution in [2.45, 2.75) is 19.1 Å². The average Bonchev–Trinajstić information content (AvgIpc) is 2.64. The molecule has 2 N–H and O–H groups in total. The lowest BCUT2D eigenvalue weighted by Gasteiger charge is -2.15. The van der Waals surface area contributed by atoms with E-state index in [0.29, 0.717) is 18.7 Å². The maximum atomic E-state index is 13.1. The molecule has 0 unspecified atom stereocenters. The first-order chi connectivity index (χ1) is 7.61. The van der Waals surface area contributed by atoms with E-state index >= 15 is 0 Å². The Morgan fingerprint density at radius 3 is 2.75 bits per heavy atom. The third-order valence-electron chi connectivity index (χ3n) is 2.69. The first-order valence-corrected chi connectivity index (χ1v) is 5.24. The van der Waals surface area contributed by atoms with Gasteiger partial charge in [-0.05, 0) is 17.7 Å². The number of hydrogen-bond acceptors (Lipinski definition) is 3. The Morgan fingerprint density at radius 2 is 2.19 bits per heavy atom. The first-order valence-electron chi connectivity index (χ1n) is 5.24. The van der Waals surface area contributed by atoms with E-state index in [9.17, 15) is 8.78 Å². The van der Waals surface area contributed by atoms with Crippen LogP contribution in [-0.2, 0) is 4.84 Å². The standard InChI is InChI=1S/C11H14F2N2O/c1-2-15-6-10(14)11(16-15)7-3-4-8(12)9(13)5-7/h3-5,10-11H,2,6,14H2,1H3/t10-,11+/m1/s1. The Labute approximate surface area is 92.7 Å². The summed E-state index contributed by atoms with van der Waals surface area (Å²) in [5, 5.41) is 1.72. The summed E-state index contributed by atoms with van der Waals surface area (Å²) < 4.78 is 25.8. The van der Waals surface area contributed by atoms with Gasteiger partial charge in [-0.2, -0.15) is 5.06 Å². The molecule has 1 saturated heterocycles. The molecule has 16 heavy (non-hydrogen) atoms. The lowest BCUT2D eigenvalue weighted by molar-refractivity contribution is -0.144. The zero-order valence-corrected chi connectivity index (χ0v) is 8.99. The second-order valence-electron chi connectivity index (χ2n) is 3.84. The fourth-order valence-corrected chi connectivity index (χ4v) is 1.81. The lowest BCUT2D eigenvalue weighted by Crippen LogP contribution is -2.28. The smallest absolute Gasteiger partial charge is 0.159 e. The zero-order valence-electron chi connectivity index (χ0n) is 8.99. The molecule has 3 nitrogen and oxygen atoms in total. The molecular weight excluding hydrogens is 214 g/mol. The number of nitrogens with two attached hydrogens (primary N) is 1. The molecule has 1 fully saturated rings. The minimum atomic E-state index is -0.872. The summed E-state index contributed by atoms with van der Waals surface area (Å²) in [6.45, 7) is 3.26. The van der Waals surface area contributed by atoms with Crippen LogP contribution < -0.4 is 5.73 Å². The second-order valence-corrected chi connectivity index (χ2v) is 3.84. The Morgan fingerprint density at radius 1 is 1.44 bits per heavy atom. The van der Waals surface area contributed by atoms with Gasteiger partial charge in [0.15, 0.2) is 11.6 Å². The van der Waals surface area contributed by atoms with Gasteiger partial charge in [-0.25, -0.2) is 8.78 Å². The van der Waals surface area contributed by atoms with Crippen LogP contribution in [0.5, 0.6) is 0 Å². The van der Waals surface area contributed by atoms with E-state index in [1.54, 1.807) is 5.06 Å². The van der Waals surface area contributed by atoms with Crippen LogP contribution in [0.4, 0.5) is 8.78 Å². The van der Waals surface area contributed by atoms with E-state index in [0.717, 1.165) is 12.1 Å². The lowest BCUT2D eigenvalue weighted by atomic mass is 10.0. The summed E-state index contributed by atoms with van der Waals surface area (Å²) in [5.74, 6) is -1.73. The summed E-state index contributed by atoms with van der Waals surface area (Å²) in [5.41, 5.74) is 6.45. The predicted octanol–water partition coefficient (Wildman–Crippen LogP) is 1.60. The molecule has 2 rings (SSSR count). The molecule has 0 radical (unpaired) electrons. The highest BCUT2D eigenvalue weighted by Gasteiger charge is 2.32. The van der Waals surface area contributed by atoms with E-state index in [2.05, 4.69) is 0 Å². The van der Waals surface area contributed by atoms with Gasteiger partial charge in [0.05, 0.1) is 6.04 Å². The van der Waals surface area contributed by atoms with Crippen molar-refractivity contribution in [1.29, 1.82) is 0 Å². The summed E-state index contributed by atoms with van der Waals surface area (Å²) >= 11 is 0. The van der Waals surface area contributed by atoms with E-state index in [4.69, 9.17) is 10.6 Å². The molecule has 2 atom stereocenters. The van der Waals surface area contributed by atoms with E-state index < -0.39 is 17.7 Å². The number of halogens is 2. The van der Waals surface area contributed by atoms with Gasteiger partial charge in [0, 0.05) is 13.1 Å². The van der Waals surface area contributed by atoms with Crippen LogP contribution in [0.15, 0.2) is 18.2 Å². The topological polar surface area (TPSA) is 38.5 Å². The van der Waals surface area contributed by atoms with Crippen molar-refractivity contribution in [3.63, 3.8) is 0 Å². The number of likely N-dealkylation sites (N-methyl/N-ethyl adjacent to an activating group) is 1. The van der Waals surface area contributed by atoms with Crippen LogP contribution in [0, 0.1) is 11.6 Å². The van der Waals surface area contributed by atoms with E-state index in [1.807, 2.05) is 6.92 Å². The molecule has 0 spiro atoms. The van der Waals surface area contributed by atoms with E-state index in [-0.39, 0.29) is 6.04 Å². The molecule has 0 aromatic heterocycles. The fraction of sp³-hybridized carbons (Fsp3) is 0.455. The Kier molecular flexibility index (Phi) is 3.18. The Hall–Kier alpha value is -1.04. The SMILES string of the molecule is CCN1C[C@@H](N)[C@H](c2ccc(F)c(F)c2)O1. The molecule has 0 aliphatic carbocycles. The van der Waals surface area contributed by atoms with Gasteiger partial charge < -0.3 is 5.73 Å². The van der Waals surface area contributed by atoms with Gasteiger partial charge in [-0.15, -0.1) is 0 Å². The third kappa shape index (κ3) is 2.07. The Bertz CT molecular complexity index is 386. The molecule has 0 saturated carbocycles.